The van der Waals surface area contributed by atoms with E-state index in [1.54, 1.807) is 0 Å². The van der Waals surface area contributed by atoms with Crippen LogP contribution in [0.4, 0.5) is 0 Å². The summed E-state index contributed by atoms with van der Waals surface area (Å²) in [6, 6.07) is 0. The Hall–Kier alpha value is -0.320. The van der Waals surface area contributed by atoms with E-state index in [4.69, 9.17) is 25.8 Å². The van der Waals surface area contributed by atoms with E-state index in [1.807, 2.05) is 0 Å². The summed E-state index contributed by atoms with van der Waals surface area (Å²) in [4.78, 5) is 11.4. The van der Waals surface area contributed by atoms with E-state index < -0.39 is 0 Å². The fourth-order valence-electron chi connectivity index (χ4n) is 1.71. The molecule has 120 valence electrons. The van der Waals surface area contributed by atoms with Crippen LogP contribution in [-0.4, -0.2) is 44.9 Å². The van der Waals surface area contributed by atoms with Crippen LogP contribution in [0.25, 0.3) is 0 Å². The summed E-state index contributed by atoms with van der Waals surface area (Å²) in [7, 11) is 0. The third-order valence-corrected chi connectivity index (χ3v) is 2.97. The van der Waals surface area contributed by atoms with Crippen LogP contribution in [0.3, 0.4) is 0 Å². The highest BCUT2D eigenvalue weighted by atomic mass is 35.5. The third-order valence-electron chi connectivity index (χ3n) is 2.82. The Bertz CT molecular complexity index is 212. The Morgan fingerprint density at radius 2 is 1.45 bits per heavy atom. The predicted octanol–water partition coefficient (Wildman–Crippen LogP) is 3.55. The summed E-state index contributed by atoms with van der Waals surface area (Å²) < 4.78 is 15.5. The molecule has 0 aromatic rings. The third kappa shape index (κ3) is 15.7. The molecule has 0 bridgehead atoms. The van der Waals surface area contributed by atoms with Crippen molar-refractivity contribution in [3.8, 4) is 0 Å². The van der Waals surface area contributed by atoms with Crippen LogP contribution in [-0.2, 0) is 19.0 Å². The predicted molar refractivity (Wildman–Crippen MR) is 81.3 cm³/mol. The molecule has 0 unspecified atom stereocenters. The van der Waals surface area contributed by atoms with E-state index in [0.29, 0.717) is 45.3 Å². The molecule has 0 N–H and O–H groups in total. The highest BCUT2D eigenvalue weighted by molar-refractivity contribution is 6.17. The van der Waals surface area contributed by atoms with Gasteiger partial charge in [-0.15, -0.1) is 11.6 Å². The van der Waals surface area contributed by atoms with E-state index >= 15 is 0 Å². The number of carbonyl (C=O) groups is 1. The number of halogens is 1. The average molecular weight is 309 g/mol. The molecule has 5 heteroatoms. The van der Waals surface area contributed by atoms with E-state index in [0.717, 1.165) is 12.8 Å². The van der Waals surface area contributed by atoms with Crippen molar-refractivity contribution in [3.05, 3.63) is 0 Å². The van der Waals surface area contributed by atoms with Crippen molar-refractivity contribution < 1.29 is 19.0 Å². The van der Waals surface area contributed by atoms with Crippen LogP contribution in [0.2, 0.25) is 0 Å². The summed E-state index contributed by atoms with van der Waals surface area (Å²) >= 11 is 5.45. The monoisotopic (exact) mass is 308 g/mol. The minimum Gasteiger partial charge on any atom is -0.463 e. The molecule has 0 saturated heterocycles. The molecule has 0 amide bonds. The molecule has 0 aromatic carbocycles. The maximum absolute atomic E-state index is 11.4. The minimum atomic E-state index is -0.123. The molecule has 0 aliphatic heterocycles. The molecule has 4 nitrogen and oxygen atoms in total. The van der Waals surface area contributed by atoms with Crippen molar-refractivity contribution in [3.63, 3.8) is 0 Å². The van der Waals surface area contributed by atoms with Gasteiger partial charge in [0.15, 0.2) is 0 Å². The molecule has 0 fully saturated rings. The highest BCUT2D eigenvalue weighted by Crippen LogP contribution is 2.07. The van der Waals surface area contributed by atoms with Gasteiger partial charge in [0.25, 0.3) is 0 Å². The number of unbranched alkanes of at least 4 members (excludes halogenated alkanes) is 5. The summed E-state index contributed by atoms with van der Waals surface area (Å²) in [6.45, 7) is 4.52. The molecule has 0 rings (SSSR count). The van der Waals surface area contributed by atoms with Crippen LogP contribution in [0, 0.1) is 0 Å². The maximum Gasteiger partial charge on any atom is 0.305 e. The second kappa shape index (κ2) is 16.7. The Balaban J connectivity index is 3.12. The van der Waals surface area contributed by atoms with Crippen LogP contribution >= 0.6 is 11.6 Å². The van der Waals surface area contributed by atoms with Crippen LogP contribution < -0.4 is 0 Å². The van der Waals surface area contributed by atoms with Crippen LogP contribution in [0.1, 0.15) is 51.9 Å². The Morgan fingerprint density at radius 3 is 2.15 bits per heavy atom. The summed E-state index contributed by atoms with van der Waals surface area (Å²) in [5.41, 5.74) is 0. The van der Waals surface area contributed by atoms with Gasteiger partial charge < -0.3 is 14.2 Å². The van der Waals surface area contributed by atoms with Gasteiger partial charge in [-0.1, -0.05) is 39.0 Å². The van der Waals surface area contributed by atoms with Crippen molar-refractivity contribution in [1.29, 1.82) is 0 Å². The quantitative estimate of drug-likeness (QED) is 0.264. The van der Waals surface area contributed by atoms with Gasteiger partial charge in [-0.05, 0) is 6.42 Å². The van der Waals surface area contributed by atoms with Crippen LogP contribution in [0.5, 0.6) is 0 Å². The van der Waals surface area contributed by atoms with Crippen molar-refractivity contribution in [2.75, 3.05) is 38.9 Å². The second-order valence-corrected chi connectivity index (χ2v) is 5.03. The SMILES string of the molecule is CCCCCCCCC(=O)OCCOCCOCCCl. The topological polar surface area (TPSA) is 44.8 Å². The molecule has 0 spiro atoms. The first-order valence-electron chi connectivity index (χ1n) is 7.68. The van der Waals surface area contributed by atoms with Gasteiger partial charge in [0.2, 0.25) is 0 Å². The second-order valence-electron chi connectivity index (χ2n) is 4.65. The van der Waals surface area contributed by atoms with Gasteiger partial charge in [-0.2, -0.15) is 0 Å². The molecular formula is C15H29ClO4. The lowest BCUT2D eigenvalue weighted by atomic mass is 10.1. The number of ether oxygens (including phenoxy) is 3. The lowest BCUT2D eigenvalue weighted by Crippen LogP contribution is -2.13. The number of rotatable bonds is 15. The smallest absolute Gasteiger partial charge is 0.305 e. The van der Waals surface area contributed by atoms with Crippen molar-refractivity contribution in [2.24, 2.45) is 0 Å². The van der Waals surface area contributed by atoms with Gasteiger partial charge >= 0.3 is 5.97 Å². The number of esters is 1. The van der Waals surface area contributed by atoms with Crippen molar-refractivity contribution >= 4 is 17.6 Å². The molecule has 0 atom stereocenters. The molecule has 0 aliphatic carbocycles. The maximum atomic E-state index is 11.4. The van der Waals surface area contributed by atoms with Gasteiger partial charge in [-0.3, -0.25) is 4.79 Å². The number of carbonyl (C=O) groups excluding carboxylic acids is 1. The number of hydrogen-bond donors (Lipinski definition) is 0. The largest absolute Gasteiger partial charge is 0.463 e. The fourth-order valence-corrected chi connectivity index (χ4v) is 1.82. The minimum absolute atomic E-state index is 0.123. The zero-order chi connectivity index (χ0) is 14.9. The lowest BCUT2D eigenvalue weighted by molar-refractivity contribution is -0.145. The summed E-state index contributed by atoms with van der Waals surface area (Å²) in [5.74, 6) is 0.373. The first-order valence-corrected chi connectivity index (χ1v) is 8.21. The van der Waals surface area contributed by atoms with Crippen molar-refractivity contribution in [2.45, 2.75) is 51.9 Å². The molecular weight excluding hydrogens is 280 g/mol. The Morgan fingerprint density at radius 1 is 0.850 bits per heavy atom. The Labute approximate surface area is 128 Å². The molecule has 0 radical (unpaired) electrons. The van der Waals surface area contributed by atoms with E-state index in [1.165, 1.54) is 25.7 Å². The molecule has 20 heavy (non-hydrogen) atoms. The highest BCUT2D eigenvalue weighted by Gasteiger charge is 2.02. The summed E-state index contributed by atoms with van der Waals surface area (Å²) in [6.07, 6.45) is 7.58. The molecule has 0 saturated carbocycles. The standard InChI is InChI=1S/C15H29ClO4/c1-2-3-4-5-6-7-8-15(17)20-14-13-19-12-11-18-10-9-16/h2-14H2,1H3. The average Bonchev–Trinajstić information content (AvgIpc) is 2.45. The molecule has 0 heterocycles. The number of hydrogen-bond acceptors (Lipinski definition) is 4. The van der Waals surface area contributed by atoms with Crippen molar-refractivity contribution in [1.82, 2.24) is 0 Å². The van der Waals surface area contributed by atoms with Gasteiger partial charge in [0.1, 0.15) is 6.61 Å². The Kier molecular flexibility index (Phi) is 16.5. The van der Waals surface area contributed by atoms with E-state index in [-0.39, 0.29) is 5.97 Å². The van der Waals surface area contributed by atoms with Gasteiger partial charge in [0.05, 0.1) is 26.4 Å². The fraction of sp³-hybridized carbons (Fsp3) is 0.933. The first kappa shape index (κ1) is 19.7. The molecule has 0 aliphatic rings. The normalized spacial score (nSPS) is 10.7. The molecule has 0 aromatic heterocycles. The van der Waals surface area contributed by atoms with Crippen LogP contribution in [0.15, 0.2) is 0 Å². The zero-order valence-corrected chi connectivity index (χ0v) is 13.5. The zero-order valence-electron chi connectivity index (χ0n) is 12.7. The van der Waals surface area contributed by atoms with Gasteiger partial charge in [0, 0.05) is 12.3 Å². The van der Waals surface area contributed by atoms with Gasteiger partial charge in [-0.25, -0.2) is 0 Å². The van der Waals surface area contributed by atoms with E-state index in [9.17, 15) is 4.79 Å². The summed E-state index contributed by atoms with van der Waals surface area (Å²) in [5, 5.41) is 0. The lowest BCUT2D eigenvalue weighted by Gasteiger charge is -2.06. The van der Waals surface area contributed by atoms with E-state index in [2.05, 4.69) is 6.92 Å². The first-order chi connectivity index (χ1) is 9.81. The number of alkyl halides is 1.